The van der Waals surface area contributed by atoms with E-state index in [9.17, 15) is 5.11 Å². The van der Waals surface area contributed by atoms with Crippen LogP contribution in [0, 0.1) is 0 Å². The second kappa shape index (κ2) is 5.73. The van der Waals surface area contributed by atoms with Crippen LogP contribution in [0.1, 0.15) is 0 Å². The minimum absolute atomic E-state index is 0.224. The van der Waals surface area contributed by atoms with E-state index in [1.807, 2.05) is 24.3 Å². The Bertz CT molecular complexity index is 281. The molecule has 14 heavy (non-hydrogen) atoms. The first-order valence-electron chi connectivity index (χ1n) is 4.39. The fourth-order valence-corrected chi connectivity index (χ4v) is 1.18. The summed E-state index contributed by atoms with van der Waals surface area (Å²) in [6, 6.07) is 7.54. The average molecular weight is 216 g/mol. The number of ether oxygens (including phenoxy) is 1. The molecule has 1 aromatic rings. The molecule has 0 aliphatic heterocycles. The van der Waals surface area contributed by atoms with Gasteiger partial charge in [0.05, 0.1) is 24.8 Å². The number of hydrogen-bond donors (Lipinski definition) is 2. The molecule has 0 aliphatic carbocycles. The number of halogens is 1. The largest absolute Gasteiger partial charge is 0.495 e. The number of aliphatic hydroxyl groups excluding tert-OH is 1. The van der Waals surface area contributed by atoms with Gasteiger partial charge in [0.25, 0.3) is 0 Å². The SMILES string of the molecule is COc1ccccc1NCC(O)CCl. The number of hydrogen-bond acceptors (Lipinski definition) is 3. The third-order valence-electron chi connectivity index (χ3n) is 1.81. The Labute approximate surface area is 88.7 Å². The quantitative estimate of drug-likeness (QED) is 0.735. The lowest BCUT2D eigenvalue weighted by Crippen LogP contribution is -2.20. The highest BCUT2D eigenvalue weighted by Crippen LogP contribution is 2.22. The van der Waals surface area contributed by atoms with Crippen molar-refractivity contribution in [3.05, 3.63) is 24.3 Å². The second-order valence-corrected chi connectivity index (χ2v) is 3.20. The average Bonchev–Trinajstić information content (AvgIpc) is 2.26. The van der Waals surface area contributed by atoms with Gasteiger partial charge in [0.15, 0.2) is 0 Å². The summed E-state index contributed by atoms with van der Waals surface area (Å²) in [4.78, 5) is 0. The lowest BCUT2D eigenvalue weighted by atomic mass is 10.3. The van der Waals surface area contributed by atoms with Crippen LogP contribution in [-0.4, -0.2) is 30.7 Å². The van der Waals surface area contributed by atoms with Gasteiger partial charge in [-0.1, -0.05) is 12.1 Å². The van der Waals surface area contributed by atoms with Crippen LogP contribution in [0.25, 0.3) is 0 Å². The first kappa shape index (κ1) is 11.1. The molecule has 1 aromatic carbocycles. The monoisotopic (exact) mass is 215 g/mol. The predicted octanol–water partition coefficient (Wildman–Crippen LogP) is 1.71. The minimum atomic E-state index is -0.540. The van der Waals surface area contributed by atoms with E-state index in [1.165, 1.54) is 0 Å². The van der Waals surface area contributed by atoms with Crippen LogP contribution in [0.4, 0.5) is 5.69 Å². The summed E-state index contributed by atoms with van der Waals surface area (Å²) in [7, 11) is 1.61. The Kier molecular flexibility index (Phi) is 4.56. The van der Waals surface area contributed by atoms with Crippen LogP contribution < -0.4 is 10.1 Å². The number of rotatable bonds is 5. The van der Waals surface area contributed by atoms with Crippen LogP contribution in [0.2, 0.25) is 0 Å². The van der Waals surface area contributed by atoms with Gasteiger partial charge in [-0.05, 0) is 12.1 Å². The number of methoxy groups -OCH3 is 1. The molecule has 0 spiro atoms. The molecule has 3 nitrogen and oxygen atoms in total. The Morgan fingerprint density at radius 1 is 1.50 bits per heavy atom. The molecule has 1 rings (SSSR count). The van der Waals surface area contributed by atoms with E-state index in [0.29, 0.717) is 6.54 Å². The van der Waals surface area contributed by atoms with Gasteiger partial charge in [-0.15, -0.1) is 11.6 Å². The van der Waals surface area contributed by atoms with Crippen molar-refractivity contribution >= 4 is 17.3 Å². The molecule has 2 N–H and O–H groups in total. The number of anilines is 1. The molecular weight excluding hydrogens is 202 g/mol. The third-order valence-corrected chi connectivity index (χ3v) is 2.17. The fourth-order valence-electron chi connectivity index (χ4n) is 1.07. The lowest BCUT2D eigenvalue weighted by Gasteiger charge is -2.12. The van der Waals surface area contributed by atoms with Gasteiger partial charge in [-0.3, -0.25) is 0 Å². The predicted molar refractivity (Wildman–Crippen MR) is 58.2 cm³/mol. The molecule has 0 bridgehead atoms. The third kappa shape index (κ3) is 3.09. The first-order valence-corrected chi connectivity index (χ1v) is 4.92. The van der Waals surface area contributed by atoms with Crippen LogP contribution in [-0.2, 0) is 0 Å². The summed E-state index contributed by atoms with van der Waals surface area (Å²) in [5, 5.41) is 12.3. The minimum Gasteiger partial charge on any atom is -0.495 e. The van der Waals surface area contributed by atoms with Crippen molar-refractivity contribution in [3.63, 3.8) is 0 Å². The summed E-state index contributed by atoms with van der Waals surface area (Å²) in [6.07, 6.45) is -0.540. The molecule has 0 saturated carbocycles. The Hall–Kier alpha value is -0.930. The van der Waals surface area contributed by atoms with Crippen molar-refractivity contribution in [3.8, 4) is 5.75 Å². The van der Waals surface area contributed by atoms with Gasteiger partial charge in [0.1, 0.15) is 5.75 Å². The van der Waals surface area contributed by atoms with E-state index in [2.05, 4.69) is 5.32 Å². The number of para-hydroxylation sites is 2. The maximum Gasteiger partial charge on any atom is 0.141 e. The van der Waals surface area contributed by atoms with Gasteiger partial charge < -0.3 is 15.2 Å². The highest BCUT2D eigenvalue weighted by molar-refractivity contribution is 6.18. The van der Waals surface area contributed by atoms with E-state index >= 15 is 0 Å². The number of aliphatic hydroxyl groups is 1. The molecule has 1 unspecified atom stereocenters. The number of benzene rings is 1. The molecule has 0 radical (unpaired) electrons. The van der Waals surface area contributed by atoms with E-state index in [4.69, 9.17) is 16.3 Å². The Morgan fingerprint density at radius 2 is 2.21 bits per heavy atom. The highest BCUT2D eigenvalue weighted by atomic mass is 35.5. The van der Waals surface area contributed by atoms with Crippen molar-refractivity contribution < 1.29 is 9.84 Å². The van der Waals surface area contributed by atoms with Crippen LogP contribution in [0.3, 0.4) is 0 Å². The molecule has 0 fully saturated rings. The van der Waals surface area contributed by atoms with E-state index in [1.54, 1.807) is 7.11 Å². The molecule has 1 atom stereocenters. The standard InChI is InChI=1S/C10H14ClNO2/c1-14-10-5-3-2-4-9(10)12-7-8(13)6-11/h2-5,8,12-13H,6-7H2,1H3. The normalized spacial score (nSPS) is 12.2. The maximum absolute atomic E-state index is 9.25. The second-order valence-electron chi connectivity index (χ2n) is 2.89. The van der Waals surface area contributed by atoms with Crippen LogP contribution >= 0.6 is 11.6 Å². The summed E-state index contributed by atoms with van der Waals surface area (Å²) < 4.78 is 5.13. The van der Waals surface area contributed by atoms with E-state index < -0.39 is 6.10 Å². The lowest BCUT2D eigenvalue weighted by molar-refractivity contribution is 0.211. The van der Waals surface area contributed by atoms with Crippen LogP contribution in [0.15, 0.2) is 24.3 Å². The summed E-state index contributed by atoms with van der Waals surface area (Å²) in [5.74, 6) is 0.983. The highest BCUT2D eigenvalue weighted by Gasteiger charge is 2.04. The Balaban J connectivity index is 2.57. The molecule has 78 valence electrons. The van der Waals surface area contributed by atoms with Crippen molar-refractivity contribution in [1.29, 1.82) is 0 Å². The topological polar surface area (TPSA) is 41.5 Å². The van der Waals surface area contributed by atoms with Crippen molar-refractivity contribution in [1.82, 2.24) is 0 Å². The molecule has 0 saturated heterocycles. The van der Waals surface area contributed by atoms with Gasteiger partial charge in [-0.25, -0.2) is 0 Å². The summed E-state index contributed by atoms with van der Waals surface area (Å²) in [5.41, 5.74) is 0.860. The van der Waals surface area contributed by atoms with Crippen molar-refractivity contribution in [2.45, 2.75) is 6.10 Å². The van der Waals surface area contributed by atoms with Crippen molar-refractivity contribution in [2.24, 2.45) is 0 Å². The Morgan fingerprint density at radius 3 is 2.86 bits per heavy atom. The summed E-state index contributed by atoms with van der Waals surface area (Å²) in [6.45, 7) is 0.421. The van der Waals surface area contributed by atoms with Crippen molar-refractivity contribution in [2.75, 3.05) is 24.9 Å². The van der Waals surface area contributed by atoms with Crippen LogP contribution in [0.5, 0.6) is 5.75 Å². The maximum atomic E-state index is 9.25. The summed E-state index contributed by atoms with van der Waals surface area (Å²) >= 11 is 5.47. The molecule has 0 heterocycles. The molecule has 4 heteroatoms. The molecule has 0 aliphatic rings. The van der Waals surface area contributed by atoms with Gasteiger partial charge in [-0.2, -0.15) is 0 Å². The zero-order valence-electron chi connectivity index (χ0n) is 8.03. The van der Waals surface area contributed by atoms with E-state index in [-0.39, 0.29) is 5.88 Å². The fraction of sp³-hybridized carbons (Fsp3) is 0.400. The van der Waals surface area contributed by atoms with Gasteiger partial charge in [0, 0.05) is 6.54 Å². The number of alkyl halides is 1. The zero-order chi connectivity index (χ0) is 10.4. The molecule has 0 aromatic heterocycles. The smallest absolute Gasteiger partial charge is 0.141 e. The van der Waals surface area contributed by atoms with Gasteiger partial charge >= 0.3 is 0 Å². The van der Waals surface area contributed by atoms with E-state index in [0.717, 1.165) is 11.4 Å². The molecule has 0 amide bonds. The number of nitrogens with one attached hydrogen (secondary N) is 1. The first-order chi connectivity index (χ1) is 6.77. The molecular formula is C10H14ClNO2. The van der Waals surface area contributed by atoms with Gasteiger partial charge in [0.2, 0.25) is 0 Å². The zero-order valence-corrected chi connectivity index (χ0v) is 8.79.